The molecular weight excluding hydrogens is 317 g/mol. The highest BCUT2D eigenvalue weighted by Gasteiger charge is 2.12. The maximum absolute atomic E-state index is 10.8. The lowest BCUT2D eigenvalue weighted by Crippen LogP contribution is -2.11. The van der Waals surface area contributed by atoms with Gasteiger partial charge < -0.3 is 10.2 Å². The van der Waals surface area contributed by atoms with Gasteiger partial charge in [-0.05, 0) is 18.2 Å². The molecular formula is C13H11Cl2N3O3. The Morgan fingerprint density at radius 2 is 2.05 bits per heavy atom. The Hall–Kier alpha value is -2.02. The van der Waals surface area contributed by atoms with E-state index in [4.69, 9.17) is 33.8 Å². The highest BCUT2D eigenvalue weighted by Crippen LogP contribution is 2.32. The first-order valence-corrected chi connectivity index (χ1v) is 6.59. The monoisotopic (exact) mass is 327 g/mol. The fourth-order valence-electron chi connectivity index (χ4n) is 1.70. The predicted octanol–water partition coefficient (Wildman–Crippen LogP) is 3.77. The fourth-order valence-corrected chi connectivity index (χ4v) is 2.05. The maximum atomic E-state index is 10.8. The van der Waals surface area contributed by atoms with E-state index in [1.54, 1.807) is 18.2 Å². The van der Waals surface area contributed by atoms with Gasteiger partial charge in [0.25, 0.3) is 5.69 Å². The van der Waals surface area contributed by atoms with Crippen LogP contribution in [0.4, 0.5) is 11.4 Å². The van der Waals surface area contributed by atoms with E-state index in [-0.39, 0.29) is 17.3 Å². The van der Waals surface area contributed by atoms with Gasteiger partial charge in [0, 0.05) is 17.7 Å². The van der Waals surface area contributed by atoms with Crippen molar-refractivity contribution in [2.24, 2.45) is 5.84 Å². The molecule has 0 aliphatic carbocycles. The van der Waals surface area contributed by atoms with E-state index in [2.05, 4.69) is 5.43 Å². The highest BCUT2D eigenvalue weighted by molar-refractivity contribution is 6.42. The van der Waals surface area contributed by atoms with Crippen molar-refractivity contribution < 1.29 is 9.66 Å². The molecule has 0 fully saturated rings. The Kier molecular flexibility index (Phi) is 4.85. The third-order valence-corrected chi connectivity index (χ3v) is 3.56. The summed E-state index contributed by atoms with van der Waals surface area (Å²) >= 11 is 11.9. The molecule has 3 N–H and O–H groups in total. The summed E-state index contributed by atoms with van der Waals surface area (Å²) < 4.78 is 5.55. The molecule has 6 nitrogen and oxygen atoms in total. The van der Waals surface area contributed by atoms with Crippen LogP contribution in [0.3, 0.4) is 0 Å². The summed E-state index contributed by atoms with van der Waals surface area (Å²) in [5, 5.41) is 11.5. The number of hydrazine groups is 1. The molecule has 0 spiro atoms. The number of rotatable bonds is 5. The average Bonchev–Trinajstić information content (AvgIpc) is 2.48. The van der Waals surface area contributed by atoms with E-state index < -0.39 is 4.92 Å². The minimum atomic E-state index is -0.490. The SMILES string of the molecule is NNc1ccc([N+](=O)[O-])cc1COc1cccc(Cl)c1Cl. The van der Waals surface area contributed by atoms with E-state index in [9.17, 15) is 10.1 Å². The Balaban J connectivity index is 2.24. The Morgan fingerprint density at radius 3 is 2.71 bits per heavy atom. The van der Waals surface area contributed by atoms with E-state index in [0.29, 0.717) is 22.0 Å². The van der Waals surface area contributed by atoms with Crippen LogP contribution in [0.15, 0.2) is 36.4 Å². The predicted molar refractivity (Wildman–Crippen MR) is 81.7 cm³/mol. The Bertz CT molecular complexity index is 680. The standard InChI is InChI=1S/C13H11Cl2N3O3/c14-10-2-1-3-12(13(10)15)21-7-8-6-9(18(19)20)4-5-11(8)17-16/h1-6,17H,7,16H2. The number of nitrogens with zero attached hydrogens (tertiary/aromatic N) is 1. The first kappa shape index (κ1) is 15.4. The Morgan fingerprint density at radius 1 is 1.29 bits per heavy atom. The van der Waals surface area contributed by atoms with Crippen molar-refractivity contribution >= 4 is 34.6 Å². The van der Waals surface area contributed by atoms with Crippen molar-refractivity contribution in [3.05, 3.63) is 62.1 Å². The van der Waals surface area contributed by atoms with Crippen molar-refractivity contribution in [1.82, 2.24) is 0 Å². The molecule has 2 rings (SSSR count). The largest absolute Gasteiger partial charge is 0.487 e. The molecule has 0 unspecified atom stereocenters. The lowest BCUT2D eigenvalue weighted by atomic mass is 10.1. The smallest absolute Gasteiger partial charge is 0.269 e. The van der Waals surface area contributed by atoms with Gasteiger partial charge in [-0.3, -0.25) is 16.0 Å². The van der Waals surface area contributed by atoms with Crippen LogP contribution >= 0.6 is 23.2 Å². The van der Waals surface area contributed by atoms with Crippen molar-refractivity contribution in [2.45, 2.75) is 6.61 Å². The topological polar surface area (TPSA) is 90.4 Å². The number of nitrogens with two attached hydrogens (primary N) is 1. The molecule has 0 heterocycles. The second-order valence-electron chi connectivity index (χ2n) is 4.08. The van der Waals surface area contributed by atoms with Crippen LogP contribution in [-0.2, 0) is 6.61 Å². The Labute approximate surface area is 130 Å². The minimum Gasteiger partial charge on any atom is -0.487 e. The number of nitrogen functional groups attached to an aromatic ring is 1. The summed E-state index contributed by atoms with van der Waals surface area (Å²) in [4.78, 5) is 10.3. The van der Waals surface area contributed by atoms with Crippen molar-refractivity contribution in [1.29, 1.82) is 0 Å². The minimum absolute atomic E-state index is 0.0511. The first-order chi connectivity index (χ1) is 10.0. The van der Waals surface area contributed by atoms with Gasteiger partial charge >= 0.3 is 0 Å². The summed E-state index contributed by atoms with van der Waals surface area (Å²) in [5.74, 6) is 5.76. The zero-order chi connectivity index (χ0) is 15.4. The number of anilines is 1. The lowest BCUT2D eigenvalue weighted by Gasteiger charge is -2.12. The second kappa shape index (κ2) is 6.62. The van der Waals surface area contributed by atoms with E-state index in [1.165, 1.54) is 18.2 Å². The van der Waals surface area contributed by atoms with Crippen LogP contribution in [0.2, 0.25) is 10.0 Å². The molecule has 8 heteroatoms. The van der Waals surface area contributed by atoms with Gasteiger partial charge in [0.1, 0.15) is 17.4 Å². The van der Waals surface area contributed by atoms with Gasteiger partial charge in [0.2, 0.25) is 0 Å². The zero-order valence-corrected chi connectivity index (χ0v) is 12.2. The molecule has 110 valence electrons. The van der Waals surface area contributed by atoms with E-state index in [0.717, 1.165) is 0 Å². The molecule has 2 aromatic carbocycles. The van der Waals surface area contributed by atoms with Gasteiger partial charge in [-0.15, -0.1) is 0 Å². The van der Waals surface area contributed by atoms with Gasteiger partial charge in [0.05, 0.1) is 15.6 Å². The number of nitrogens with one attached hydrogen (secondary N) is 1. The summed E-state index contributed by atoms with van der Waals surface area (Å²) in [5.41, 5.74) is 3.47. The van der Waals surface area contributed by atoms with Crippen LogP contribution < -0.4 is 16.0 Å². The number of hydrogen-bond acceptors (Lipinski definition) is 5. The second-order valence-corrected chi connectivity index (χ2v) is 4.87. The number of non-ortho nitro benzene ring substituents is 1. The molecule has 0 amide bonds. The summed E-state index contributed by atoms with van der Waals surface area (Å²) in [7, 11) is 0. The molecule has 0 aliphatic heterocycles. The van der Waals surface area contributed by atoms with Crippen LogP contribution in [0.1, 0.15) is 5.56 Å². The van der Waals surface area contributed by atoms with Crippen LogP contribution in [-0.4, -0.2) is 4.92 Å². The zero-order valence-electron chi connectivity index (χ0n) is 10.7. The molecule has 2 aromatic rings. The number of hydrogen-bond donors (Lipinski definition) is 2. The van der Waals surface area contributed by atoms with Gasteiger partial charge in [0.15, 0.2) is 0 Å². The van der Waals surface area contributed by atoms with Gasteiger partial charge in [-0.1, -0.05) is 29.3 Å². The van der Waals surface area contributed by atoms with Gasteiger partial charge in [-0.2, -0.15) is 0 Å². The highest BCUT2D eigenvalue weighted by atomic mass is 35.5. The molecule has 0 aliphatic rings. The number of nitro benzene ring substituents is 1. The molecule has 0 bridgehead atoms. The third-order valence-electron chi connectivity index (χ3n) is 2.75. The van der Waals surface area contributed by atoms with Crippen molar-refractivity contribution in [2.75, 3.05) is 5.43 Å². The number of ether oxygens (including phenoxy) is 1. The van der Waals surface area contributed by atoms with Crippen LogP contribution in [0.25, 0.3) is 0 Å². The quantitative estimate of drug-likeness (QED) is 0.495. The van der Waals surface area contributed by atoms with Crippen LogP contribution in [0.5, 0.6) is 5.75 Å². The maximum Gasteiger partial charge on any atom is 0.269 e. The molecule has 0 radical (unpaired) electrons. The van der Waals surface area contributed by atoms with Crippen molar-refractivity contribution in [3.8, 4) is 5.75 Å². The van der Waals surface area contributed by atoms with E-state index >= 15 is 0 Å². The number of halogens is 2. The molecule has 0 atom stereocenters. The summed E-state index contributed by atoms with van der Waals surface area (Å²) in [6.45, 7) is 0.0568. The lowest BCUT2D eigenvalue weighted by molar-refractivity contribution is -0.384. The third kappa shape index (κ3) is 3.55. The number of benzene rings is 2. The van der Waals surface area contributed by atoms with Gasteiger partial charge in [-0.25, -0.2) is 0 Å². The number of nitro groups is 1. The summed E-state index contributed by atoms with van der Waals surface area (Å²) in [6, 6.07) is 9.23. The molecule has 21 heavy (non-hydrogen) atoms. The first-order valence-electron chi connectivity index (χ1n) is 5.83. The molecule has 0 saturated heterocycles. The van der Waals surface area contributed by atoms with Crippen molar-refractivity contribution in [3.63, 3.8) is 0 Å². The van der Waals surface area contributed by atoms with Crippen LogP contribution in [0, 0.1) is 10.1 Å². The normalized spacial score (nSPS) is 10.2. The average molecular weight is 328 g/mol. The molecule has 0 saturated carbocycles. The molecule has 0 aromatic heterocycles. The fraction of sp³-hybridized carbons (Fsp3) is 0.0769. The summed E-state index contributed by atoms with van der Waals surface area (Å²) in [6.07, 6.45) is 0. The van der Waals surface area contributed by atoms with E-state index in [1.807, 2.05) is 0 Å².